The van der Waals surface area contributed by atoms with Gasteiger partial charge < -0.3 is 14.4 Å². The Balaban J connectivity index is 1.22. The molecule has 1 spiro atoms. The molecular weight excluding hydrogens is 350 g/mol. The topological polar surface area (TPSA) is 28.2 Å². The van der Waals surface area contributed by atoms with Crippen molar-refractivity contribution in [2.45, 2.75) is 50.9 Å². The van der Waals surface area contributed by atoms with Crippen molar-refractivity contribution in [3.8, 4) is 0 Å². The maximum absolute atomic E-state index is 5.92. The summed E-state index contributed by atoms with van der Waals surface area (Å²) in [6, 6.07) is 11.5. The number of ether oxygens (including phenoxy) is 2. The molecular formula is C23H37N3O2. The van der Waals surface area contributed by atoms with E-state index in [1.165, 1.54) is 57.7 Å². The third-order valence-corrected chi connectivity index (χ3v) is 6.75. The van der Waals surface area contributed by atoms with Gasteiger partial charge in [0.1, 0.15) is 0 Å². The molecule has 2 heterocycles. The van der Waals surface area contributed by atoms with E-state index in [0.29, 0.717) is 6.04 Å². The van der Waals surface area contributed by atoms with Crippen molar-refractivity contribution in [3.05, 3.63) is 30.3 Å². The van der Waals surface area contributed by atoms with Crippen molar-refractivity contribution in [2.75, 3.05) is 63.9 Å². The van der Waals surface area contributed by atoms with Crippen LogP contribution in [0.1, 0.15) is 39.0 Å². The molecule has 3 fully saturated rings. The molecule has 1 saturated carbocycles. The number of hydrogen-bond acceptors (Lipinski definition) is 5. The Morgan fingerprint density at radius 1 is 0.964 bits per heavy atom. The second kappa shape index (κ2) is 9.57. The summed E-state index contributed by atoms with van der Waals surface area (Å²) < 4.78 is 11.8. The van der Waals surface area contributed by atoms with Gasteiger partial charge in [0.2, 0.25) is 0 Å². The Morgan fingerprint density at radius 2 is 1.64 bits per heavy atom. The highest BCUT2D eigenvalue weighted by atomic mass is 16.7. The summed E-state index contributed by atoms with van der Waals surface area (Å²) in [5.74, 6) is -0.234. The SMILES string of the molecule is CCCN(CCN1CCN(c2ccccc2)CC1)C1CCC2(CC1)OCCO2. The molecule has 0 N–H and O–H groups in total. The lowest BCUT2D eigenvalue weighted by atomic mass is 9.89. The van der Waals surface area contributed by atoms with Crippen molar-refractivity contribution < 1.29 is 9.47 Å². The number of nitrogens with zero attached hydrogens (tertiary/aromatic N) is 3. The molecule has 1 aliphatic carbocycles. The minimum atomic E-state index is -0.234. The number of benzene rings is 1. The summed E-state index contributed by atoms with van der Waals surface area (Å²) in [6.07, 6.45) is 5.78. The van der Waals surface area contributed by atoms with E-state index >= 15 is 0 Å². The second-order valence-corrected chi connectivity index (χ2v) is 8.54. The van der Waals surface area contributed by atoms with Gasteiger partial charge in [0.15, 0.2) is 5.79 Å². The van der Waals surface area contributed by atoms with Gasteiger partial charge in [-0.15, -0.1) is 0 Å². The molecule has 1 aromatic carbocycles. The molecule has 1 aromatic rings. The van der Waals surface area contributed by atoms with Crippen LogP contribution in [0.25, 0.3) is 0 Å². The van der Waals surface area contributed by atoms with Crippen molar-refractivity contribution in [1.29, 1.82) is 0 Å². The van der Waals surface area contributed by atoms with Crippen LogP contribution in [0.4, 0.5) is 5.69 Å². The molecule has 0 radical (unpaired) electrons. The Morgan fingerprint density at radius 3 is 2.29 bits per heavy atom. The predicted octanol–water partition coefficient (Wildman–Crippen LogP) is 3.21. The lowest BCUT2D eigenvalue weighted by Crippen LogP contribution is -2.50. The number of para-hydroxylation sites is 1. The number of hydrogen-bond donors (Lipinski definition) is 0. The molecule has 5 heteroatoms. The molecule has 0 aromatic heterocycles. The van der Waals surface area contributed by atoms with E-state index in [2.05, 4.69) is 52.0 Å². The van der Waals surface area contributed by atoms with Gasteiger partial charge in [-0.1, -0.05) is 25.1 Å². The largest absolute Gasteiger partial charge is 0.369 e. The van der Waals surface area contributed by atoms with Crippen LogP contribution in [0.2, 0.25) is 0 Å². The number of anilines is 1. The fourth-order valence-corrected chi connectivity index (χ4v) is 5.10. The molecule has 156 valence electrons. The predicted molar refractivity (Wildman–Crippen MR) is 114 cm³/mol. The fourth-order valence-electron chi connectivity index (χ4n) is 5.10. The molecule has 5 nitrogen and oxygen atoms in total. The average molecular weight is 388 g/mol. The smallest absolute Gasteiger partial charge is 0.168 e. The van der Waals surface area contributed by atoms with Gasteiger partial charge in [-0.25, -0.2) is 0 Å². The van der Waals surface area contributed by atoms with E-state index in [1.54, 1.807) is 0 Å². The van der Waals surface area contributed by atoms with Crippen LogP contribution in [0.3, 0.4) is 0 Å². The Labute approximate surface area is 170 Å². The van der Waals surface area contributed by atoms with Crippen LogP contribution < -0.4 is 4.90 Å². The zero-order chi connectivity index (χ0) is 19.2. The summed E-state index contributed by atoms with van der Waals surface area (Å²) in [4.78, 5) is 7.91. The quantitative estimate of drug-likeness (QED) is 0.716. The van der Waals surface area contributed by atoms with Gasteiger partial charge in [-0.3, -0.25) is 9.80 Å². The van der Waals surface area contributed by atoms with Crippen LogP contribution in [-0.4, -0.2) is 80.7 Å². The molecule has 0 amide bonds. The minimum absolute atomic E-state index is 0.234. The van der Waals surface area contributed by atoms with Gasteiger partial charge in [0.25, 0.3) is 0 Å². The first-order valence-electron chi connectivity index (χ1n) is 11.3. The molecule has 2 aliphatic heterocycles. The van der Waals surface area contributed by atoms with Crippen LogP contribution in [0.5, 0.6) is 0 Å². The van der Waals surface area contributed by atoms with Crippen molar-refractivity contribution in [2.24, 2.45) is 0 Å². The monoisotopic (exact) mass is 387 g/mol. The lowest BCUT2D eigenvalue weighted by molar-refractivity contribution is -0.184. The Bertz CT molecular complexity index is 573. The van der Waals surface area contributed by atoms with E-state index in [-0.39, 0.29) is 5.79 Å². The summed E-state index contributed by atoms with van der Waals surface area (Å²) in [5.41, 5.74) is 1.36. The van der Waals surface area contributed by atoms with Crippen LogP contribution in [0, 0.1) is 0 Å². The van der Waals surface area contributed by atoms with Gasteiger partial charge in [-0.05, 0) is 37.9 Å². The molecule has 4 rings (SSSR count). The average Bonchev–Trinajstić information content (AvgIpc) is 3.21. The van der Waals surface area contributed by atoms with E-state index in [9.17, 15) is 0 Å². The molecule has 0 atom stereocenters. The van der Waals surface area contributed by atoms with E-state index in [1.807, 2.05) is 0 Å². The summed E-state index contributed by atoms with van der Waals surface area (Å²) in [6.45, 7) is 12.1. The van der Waals surface area contributed by atoms with Gasteiger partial charge in [-0.2, -0.15) is 0 Å². The first kappa shape index (κ1) is 20.1. The van der Waals surface area contributed by atoms with Crippen molar-refractivity contribution in [1.82, 2.24) is 9.80 Å². The molecule has 28 heavy (non-hydrogen) atoms. The maximum atomic E-state index is 5.92. The van der Waals surface area contributed by atoms with Crippen LogP contribution in [-0.2, 0) is 9.47 Å². The normalized spacial score (nSPS) is 23.7. The highest BCUT2D eigenvalue weighted by Crippen LogP contribution is 2.37. The van der Waals surface area contributed by atoms with Gasteiger partial charge >= 0.3 is 0 Å². The third-order valence-electron chi connectivity index (χ3n) is 6.75. The first-order chi connectivity index (χ1) is 13.8. The Hall–Kier alpha value is -1.14. The fraction of sp³-hybridized carbons (Fsp3) is 0.739. The first-order valence-corrected chi connectivity index (χ1v) is 11.3. The van der Waals surface area contributed by atoms with Gasteiger partial charge in [0, 0.05) is 63.8 Å². The summed E-state index contributed by atoms with van der Waals surface area (Å²) in [7, 11) is 0. The maximum Gasteiger partial charge on any atom is 0.168 e. The minimum Gasteiger partial charge on any atom is -0.369 e. The highest BCUT2D eigenvalue weighted by molar-refractivity contribution is 5.46. The van der Waals surface area contributed by atoms with E-state index < -0.39 is 0 Å². The zero-order valence-corrected chi connectivity index (χ0v) is 17.5. The Kier molecular flexibility index (Phi) is 6.89. The molecule has 3 aliphatic rings. The van der Waals surface area contributed by atoms with Crippen LogP contribution in [0.15, 0.2) is 30.3 Å². The van der Waals surface area contributed by atoms with Crippen LogP contribution >= 0.6 is 0 Å². The third kappa shape index (κ3) is 4.88. The molecule has 2 saturated heterocycles. The molecule has 0 bridgehead atoms. The molecule has 0 unspecified atom stereocenters. The lowest BCUT2D eigenvalue weighted by Gasteiger charge is -2.42. The van der Waals surface area contributed by atoms with E-state index in [0.717, 1.165) is 39.1 Å². The highest BCUT2D eigenvalue weighted by Gasteiger charge is 2.41. The standard InChI is InChI=1S/C23H37N3O2/c1-2-12-25(22-8-10-23(11-9-22)27-19-20-28-23)16-13-24-14-17-26(18-15-24)21-6-4-3-5-7-21/h3-7,22H,2,8-20H2,1H3. The summed E-state index contributed by atoms with van der Waals surface area (Å²) in [5, 5.41) is 0. The van der Waals surface area contributed by atoms with Gasteiger partial charge in [0.05, 0.1) is 13.2 Å². The van der Waals surface area contributed by atoms with E-state index in [4.69, 9.17) is 9.47 Å². The summed E-state index contributed by atoms with van der Waals surface area (Å²) >= 11 is 0. The number of rotatable bonds is 7. The van der Waals surface area contributed by atoms with Crippen molar-refractivity contribution in [3.63, 3.8) is 0 Å². The second-order valence-electron chi connectivity index (χ2n) is 8.54. The number of piperazine rings is 1. The van der Waals surface area contributed by atoms with Crippen molar-refractivity contribution >= 4 is 5.69 Å². The zero-order valence-electron chi connectivity index (χ0n) is 17.5.